The van der Waals surface area contributed by atoms with Crippen molar-refractivity contribution in [2.75, 3.05) is 6.61 Å². The number of hydrogen-bond donors (Lipinski definition) is 2. The number of pyridine rings is 1. The highest BCUT2D eigenvalue weighted by Crippen LogP contribution is 2.40. The van der Waals surface area contributed by atoms with Crippen molar-refractivity contribution < 1.29 is 19.4 Å². The van der Waals surface area contributed by atoms with Gasteiger partial charge in [0.25, 0.3) is 0 Å². The summed E-state index contributed by atoms with van der Waals surface area (Å²) in [4.78, 5) is 19.6. The van der Waals surface area contributed by atoms with Gasteiger partial charge in [-0.15, -0.1) is 0 Å². The average molecular weight is 529 g/mol. The highest BCUT2D eigenvalue weighted by molar-refractivity contribution is 6.01. The lowest BCUT2D eigenvalue weighted by Crippen LogP contribution is -2.06. The van der Waals surface area contributed by atoms with E-state index in [2.05, 4.69) is 30.1 Å². The molecule has 0 atom stereocenters. The molecule has 2 N–H and O–H groups in total. The van der Waals surface area contributed by atoms with Gasteiger partial charge in [-0.25, -0.2) is 4.79 Å². The van der Waals surface area contributed by atoms with Gasteiger partial charge in [0.15, 0.2) is 0 Å². The Morgan fingerprint density at radius 1 is 0.875 bits per heavy atom. The number of H-pyrrole nitrogens is 1. The zero-order valence-electron chi connectivity index (χ0n) is 22.1. The van der Waals surface area contributed by atoms with Gasteiger partial charge in [0.05, 0.1) is 17.8 Å². The Bertz CT molecular complexity index is 1820. The maximum Gasteiger partial charge on any atom is 0.512 e. The van der Waals surface area contributed by atoms with Gasteiger partial charge in [-0.2, -0.15) is 0 Å². The first-order valence-electron chi connectivity index (χ1n) is 13.3. The number of aromatic amines is 1. The third kappa shape index (κ3) is 4.87. The van der Waals surface area contributed by atoms with Crippen molar-refractivity contribution >= 4 is 27.8 Å². The largest absolute Gasteiger partial charge is 0.512 e. The third-order valence-corrected chi connectivity index (χ3v) is 7.15. The van der Waals surface area contributed by atoms with E-state index in [1.807, 2.05) is 85.1 Å². The van der Waals surface area contributed by atoms with E-state index in [0.717, 1.165) is 60.9 Å². The Morgan fingerprint density at radius 2 is 1.62 bits per heavy atom. The summed E-state index contributed by atoms with van der Waals surface area (Å²) in [5.41, 5.74) is 6.51. The van der Waals surface area contributed by atoms with E-state index >= 15 is 0 Å². The van der Waals surface area contributed by atoms with Gasteiger partial charge in [0, 0.05) is 39.2 Å². The van der Waals surface area contributed by atoms with Crippen molar-refractivity contribution in [3.05, 3.63) is 114 Å². The number of nitrogens with zero attached hydrogens (tertiary/aromatic N) is 1. The van der Waals surface area contributed by atoms with Crippen LogP contribution < -0.4 is 9.47 Å². The summed E-state index contributed by atoms with van der Waals surface area (Å²) in [7, 11) is 0. The second-order valence-electron chi connectivity index (χ2n) is 9.68. The van der Waals surface area contributed by atoms with E-state index in [-0.39, 0.29) is 5.88 Å². The van der Waals surface area contributed by atoms with Crippen LogP contribution in [0.3, 0.4) is 0 Å². The minimum atomic E-state index is -1.36. The summed E-state index contributed by atoms with van der Waals surface area (Å²) in [5.74, 6) is 1.07. The van der Waals surface area contributed by atoms with Crippen LogP contribution in [0.2, 0.25) is 0 Å². The normalized spacial score (nSPS) is 11.1. The van der Waals surface area contributed by atoms with Crippen LogP contribution in [0, 0.1) is 6.92 Å². The number of fused-ring (bicyclic) bond motifs is 2. The Balaban J connectivity index is 1.35. The van der Waals surface area contributed by atoms with E-state index in [9.17, 15) is 9.90 Å². The number of hydrogen-bond acceptors (Lipinski definition) is 4. The van der Waals surface area contributed by atoms with Gasteiger partial charge in [-0.1, -0.05) is 84.9 Å². The molecule has 198 valence electrons. The van der Waals surface area contributed by atoms with Gasteiger partial charge < -0.3 is 19.6 Å². The summed E-state index contributed by atoms with van der Waals surface area (Å²) in [6.07, 6.45) is 1.71. The van der Waals surface area contributed by atoms with E-state index in [1.165, 1.54) is 0 Å². The van der Waals surface area contributed by atoms with Crippen molar-refractivity contribution in [3.63, 3.8) is 0 Å². The third-order valence-electron chi connectivity index (χ3n) is 7.15. The average Bonchev–Trinajstić information content (AvgIpc) is 3.32. The molecule has 4 aromatic carbocycles. The van der Waals surface area contributed by atoms with Crippen molar-refractivity contribution in [1.29, 1.82) is 0 Å². The molecular weight excluding hydrogens is 500 g/mol. The molecule has 0 spiro atoms. The van der Waals surface area contributed by atoms with E-state index in [0.29, 0.717) is 19.4 Å². The molecule has 6 heteroatoms. The summed E-state index contributed by atoms with van der Waals surface area (Å²) >= 11 is 0. The molecule has 40 heavy (non-hydrogen) atoms. The maximum atomic E-state index is 11.6. The molecular formula is C34H28N2O4. The predicted molar refractivity (Wildman–Crippen MR) is 158 cm³/mol. The van der Waals surface area contributed by atoms with E-state index in [4.69, 9.17) is 14.5 Å². The van der Waals surface area contributed by atoms with Gasteiger partial charge in [-0.3, -0.25) is 4.98 Å². The molecule has 2 aromatic heterocycles. The molecule has 0 fully saturated rings. The number of rotatable bonds is 8. The molecule has 0 saturated carbocycles. The van der Waals surface area contributed by atoms with Crippen LogP contribution in [0.4, 0.5) is 4.79 Å². The number of carbonyl (C=O) groups is 1. The first-order chi connectivity index (χ1) is 19.6. The molecule has 6 nitrogen and oxygen atoms in total. The Hall–Kier alpha value is -5.10. The SMILES string of the molecule is Cc1ccnc(-c2ccccc2)c1-c1cccc2c(CCCOc3cccc4ccccc34)c(OC(=O)O)[nH]c12. The summed E-state index contributed by atoms with van der Waals surface area (Å²) in [6, 6.07) is 32.2. The van der Waals surface area contributed by atoms with Crippen LogP contribution in [0.25, 0.3) is 44.1 Å². The van der Waals surface area contributed by atoms with Crippen molar-refractivity contribution in [3.8, 4) is 34.0 Å². The Kier molecular flexibility index (Phi) is 6.89. The topological polar surface area (TPSA) is 84.4 Å². The zero-order chi connectivity index (χ0) is 27.5. The standard InChI is InChI=1S/C34H28N2O4/c1-22-19-20-35-31(24-11-3-2-4-12-24)30(22)28-16-8-15-26-27(33(36-32(26)28)40-34(37)38)17-9-21-39-29-18-7-13-23-10-5-6-14-25(23)29/h2-8,10-16,18-20,36H,9,17,21H2,1H3,(H,37,38). The van der Waals surface area contributed by atoms with Crippen LogP contribution in [-0.2, 0) is 6.42 Å². The molecule has 6 aromatic rings. The minimum Gasteiger partial charge on any atom is -0.493 e. The fourth-order valence-corrected chi connectivity index (χ4v) is 5.35. The van der Waals surface area contributed by atoms with Crippen LogP contribution >= 0.6 is 0 Å². The highest BCUT2D eigenvalue weighted by atomic mass is 16.7. The van der Waals surface area contributed by atoms with Crippen molar-refractivity contribution in [2.24, 2.45) is 0 Å². The molecule has 0 bridgehead atoms. The molecule has 2 heterocycles. The van der Waals surface area contributed by atoms with Gasteiger partial charge in [0.1, 0.15) is 5.75 Å². The minimum absolute atomic E-state index is 0.239. The fraction of sp³-hybridized carbons (Fsp3) is 0.118. The Morgan fingerprint density at radius 3 is 2.48 bits per heavy atom. The molecule has 0 radical (unpaired) electrons. The number of aromatic nitrogens is 2. The molecule has 0 amide bonds. The molecule has 0 aliphatic carbocycles. The molecule has 0 saturated heterocycles. The number of benzene rings is 4. The Labute approximate surface area is 231 Å². The van der Waals surface area contributed by atoms with E-state index < -0.39 is 6.16 Å². The van der Waals surface area contributed by atoms with Crippen molar-refractivity contribution in [2.45, 2.75) is 19.8 Å². The molecule has 0 unspecified atom stereocenters. The summed E-state index contributed by atoms with van der Waals surface area (Å²) < 4.78 is 11.4. The predicted octanol–water partition coefficient (Wildman–Crippen LogP) is 8.43. The maximum absolute atomic E-state index is 11.6. The lowest BCUT2D eigenvalue weighted by Gasteiger charge is -2.13. The summed E-state index contributed by atoms with van der Waals surface area (Å²) in [5, 5.41) is 12.6. The first kappa shape index (κ1) is 25.2. The van der Waals surface area contributed by atoms with Gasteiger partial charge in [-0.05, 0) is 42.8 Å². The smallest absolute Gasteiger partial charge is 0.493 e. The lowest BCUT2D eigenvalue weighted by molar-refractivity contribution is 0.142. The van der Waals surface area contributed by atoms with Crippen molar-refractivity contribution in [1.82, 2.24) is 9.97 Å². The van der Waals surface area contributed by atoms with Crippen LogP contribution in [0.1, 0.15) is 17.5 Å². The van der Waals surface area contributed by atoms with Crippen LogP contribution in [0.5, 0.6) is 11.6 Å². The van der Waals surface area contributed by atoms with E-state index in [1.54, 1.807) is 0 Å². The number of carboxylic acid groups (broad SMARTS) is 1. The number of para-hydroxylation sites is 1. The molecule has 6 rings (SSSR count). The van der Waals surface area contributed by atoms with Crippen LogP contribution in [-0.4, -0.2) is 27.8 Å². The van der Waals surface area contributed by atoms with Gasteiger partial charge >= 0.3 is 6.16 Å². The number of aryl methyl sites for hydroxylation is 2. The monoisotopic (exact) mass is 528 g/mol. The zero-order valence-corrected chi connectivity index (χ0v) is 22.1. The van der Waals surface area contributed by atoms with Gasteiger partial charge in [0.2, 0.25) is 5.88 Å². The molecule has 0 aliphatic rings. The number of ether oxygens (including phenoxy) is 2. The number of nitrogens with one attached hydrogen (secondary N) is 1. The summed E-state index contributed by atoms with van der Waals surface area (Å²) in [6.45, 7) is 2.54. The highest BCUT2D eigenvalue weighted by Gasteiger charge is 2.21. The quantitative estimate of drug-likeness (QED) is 0.153. The second kappa shape index (κ2) is 10.9. The molecule has 0 aliphatic heterocycles. The lowest BCUT2D eigenvalue weighted by atomic mass is 9.93. The first-order valence-corrected chi connectivity index (χ1v) is 13.3. The second-order valence-corrected chi connectivity index (χ2v) is 9.68. The van der Waals surface area contributed by atoms with Crippen LogP contribution in [0.15, 0.2) is 103 Å². The fourth-order valence-electron chi connectivity index (χ4n) is 5.35.